The van der Waals surface area contributed by atoms with Crippen molar-refractivity contribution >= 4 is 61.0 Å². The van der Waals surface area contributed by atoms with Crippen LogP contribution in [-0.2, 0) is 10.0 Å². The number of aromatic nitrogens is 2. The molecule has 2 heterocycles. The first-order valence-corrected chi connectivity index (χ1v) is 8.69. The number of hydrogen-bond acceptors (Lipinski definition) is 5. The number of nitrogens with zero attached hydrogens (tertiary/aromatic N) is 2. The summed E-state index contributed by atoms with van der Waals surface area (Å²) in [7, 11) is -3.95. The van der Waals surface area contributed by atoms with Gasteiger partial charge in [0, 0.05) is 16.6 Å². The smallest absolute Gasteiger partial charge is 0.281 e. The molecule has 21 heavy (non-hydrogen) atoms. The predicted octanol–water partition coefficient (Wildman–Crippen LogP) is 3.09. The van der Waals surface area contributed by atoms with E-state index in [2.05, 4.69) is 9.71 Å². The van der Waals surface area contributed by atoms with Gasteiger partial charge in [0.05, 0.1) is 10.7 Å². The van der Waals surface area contributed by atoms with E-state index in [0.29, 0.717) is 9.98 Å². The number of imidazole rings is 1. The van der Waals surface area contributed by atoms with Crippen LogP contribution in [0, 0.1) is 0 Å². The van der Waals surface area contributed by atoms with Crippen LogP contribution in [0.2, 0.25) is 10.0 Å². The van der Waals surface area contributed by atoms with Gasteiger partial charge < -0.3 is 5.73 Å². The highest BCUT2D eigenvalue weighted by Crippen LogP contribution is 2.30. The van der Waals surface area contributed by atoms with Crippen molar-refractivity contribution in [1.29, 1.82) is 0 Å². The molecule has 0 amide bonds. The van der Waals surface area contributed by atoms with Crippen molar-refractivity contribution in [3.05, 3.63) is 39.8 Å². The molecule has 0 aliphatic heterocycles. The lowest BCUT2D eigenvalue weighted by atomic mass is 10.3. The molecular formula is C11H8Cl2N4O2S2. The topological polar surface area (TPSA) is 89.5 Å². The molecule has 6 nitrogen and oxygen atoms in total. The van der Waals surface area contributed by atoms with Crippen molar-refractivity contribution in [2.24, 2.45) is 0 Å². The number of fused-ring (bicyclic) bond motifs is 1. The molecule has 2 aromatic heterocycles. The number of anilines is 2. The molecule has 3 rings (SSSR count). The number of halogens is 2. The fraction of sp³-hybridized carbons (Fsp3) is 0. The summed E-state index contributed by atoms with van der Waals surface area (Å²) in [5.41, 5.74) is 5.88. The second-order valence-corrected chi connectivity index (χ2v) is 7.40. The van der Waals surface area contributed by atoms with Gasteiger partial charge in [0.2, 0.25) is 5.03 Å². The molecule has 0 aliphatic carbocycles. The number of thiazole rings is 1. The molecule has 110 valence electrons. The average molecular weight is 363 g/mol. The van der Waals surface area contributed by atoms with E-state index < -0.39 is 10.0 Å². The van der Waals surface area contributed by atoms with Crippen molar-refractivity contribution < 1.29 is 8.42 Å². The van der Waals surface area contributed by atoms with Crippen LogP contribution in [0.25, 0.3) is 4.96 Å². The molecule has 0 unspecified atom stereocenters. The molecule has 0 saturated heterocycles. The van der Waals surface area contributed by atoms with Gasteiger partial charge >= 0.3 is 0 Å². The van der Waals surface area contributed by atoms with Gasteiger partial charge in [-0.3, -0.25) is 9.12 Å². The van der Waals surface area contributed by atoms with Crippen molar-refractivity contribution in [1.82, 2.24) is 9.38 Å². The molecule has 0 atom stereocenters. The Hall–Kier alpha value is -1.48. The minimum Gasteiger partial charge on any atom is -0.381 e. The van der Waals surface area contributed by atoms with Crippen LogP contribution in [-0.4, -0.2) is 17.8 Å². The van der Waals surface area contributed by atoms with E-state index in [1.54, 1.807) is 17.6 Å². The van der Waals surface area contributed by atoms with Gasteiger partial charge in [-0.1, -0.05) is 23.2 Å². The summed E-state index contributed by atoms with van der Waals surface area (Å²) in [4.78, 5) is 4.49. The highest BCUT2D eigenvalue weighted by atomic mass is 35.5. The molecule has 1 aromatic carbocycles. The summed E-state index contributed by atoms with van der Waals surface area (Å²) < 4.78 is 28.8. The van der Waals surface area contributed by atoms with Gasteiger partial charge in [-0.25, -0.2) is 4.98 Å². The number of nitrogens with two attached hydrogens (primary N) is 1. The van der Waals surface area contributed by atoms with Crippen LogP contribution in [0.15, 0.2) is 34.8 Å². The van der Waals surface area contributed by atoms with Gasteiger partial charge in [0.25, 0.3) is 10.0 Å². The van der Waals surface area contributed by atoms with E-state index in [1.807, 2.05) is 0 Å². The maximum absolute atomic E-state index is 12.5. The Morgan fingerprint density at radius 1 is 1.33 bits per heavy atom. The summed E-state index contributed by atoms with van der Waals surface area (Å²) >= 11 is 13.1. The largest absolute Gasteiger partial charge is 0.381 e. The van der Waals surface area contributed by atoms with Crippen LogP contribution < -0.4 is 10.5 Å². The summed E-state index contributed by atoms with van der Waals surface area (Å²) in [5.74, 6) is -0.0764. The third-order valence-electron chi connectivity index (χ3n) is 2.67. The van der Waals surface area contributed by atoms with E-state index in [9.17, 15) is 8.42 Å². The highest BCUT2D eigenvalue weighted by molar-refractivity contribution is 7.92. The molecule has 0 radical (unpaired) electrons. The zero-order valence-electron chi connectivity index (χ0n) is 10.2. The number of nitrogens with one attached hydrogen (secondary N) is 1. The van der Waals surface area contributed by atoms with Crippen molar-refractivity contribution in [3.63, 3.8) is 0 Å². The maximum atomic E-state index is 12.5. The standard InChI is InChI=1S/C11H8Cl2N4O2S2/c12-6-1-2-7(13)8(5-6)16-21(18,19)10-9(14)15-11-17(10)3-4-20-11/h1-5,16H,14H2. The molecule has 0 saturated carbocycles. The van der Waals surface area contributed by atoms with Crippen LogP contribution in [0.3, 0.4) is 0 Å². The Morgan fingerprint density at radius 2 is 2.10 bits per heavy atom. The van der Waals surface area contributed by atoms with Gasteiger partial charge in [-0.15, -0.1) is 11.3 Å². The summed E-state index contributed by atoms with van der Waals surface area (Å²) in [5, 5.41) is 2.18. The average Bonchev–Trinajstić information content (AvgIpc) is 2.92. The van der Waals surface area contributed by atoms with Gasteiger partial charge in [0.15, 0.2) is 10.8 Å². The van der Waals surface area contributed by atoms with Crippen molar-refractivity contribution in [2.75, 3.05) is 10.5 Å². The zero-order chi connectivity index (χ0) is 15.2. The first-order chi connectivity index (χ1) is 9.88. The normalized spacial score (nSPS) is 11.9. The lowest BCUT2D eigenvalue weighted by Gasteiger charge is -2.09. The Morgan fingerprint density at radius 3 is 2.86 bits per heavy atom. The first-order valence-electron chi connectivity index (χ1n) is 5.57. The number of nitrogen functional groups attached to an aromatic ring is 1. The summed E-state index contributed by atoms with van der Waals surface area (Å²) in [6.07, 6.45) is 1.58. The number of sulfonamides is 1. The lowest BCUT2D eigenvalue weighted by Crippen LogP contribution is -2.16. The predicted molar refractivity (Wildman–Crippen MR) is 84.8 cm³/mol. The molecule has 0 bridgehead atoms. The molecule has 0 aliphatic rings. The third kappa shape index (κ3) is 2.55. The summed E-state index contributed by atoms with van der Waals surface area (Å²) in [6, 6.07) is 4.48. The van der Waals surface area contributed by atoms with Crippen molar-refractivity contribution in [3.8, 4) is 0 Å². The molecule has 0 fully saturated rings. The number of hydrogen-bond donors (Lipinski definition) is 2. The Labute approximate surface area is 134 Å². The lowest BCUT2D eigenvalue weighted by molar-refractivity contribution is 0.597. The van der Waals surface area contributed by atoms with Crippen LogP contribution in [0.1, 0.15) is 0 Å². The Balaban J connectivity index is 2.10. The molecule has 3 aromatic rings. The van der Waals surface area contributed by atoms with Crippen LogP contribution in [0.5, 0.6) is 0 Å². The third-order valence-corrected chi connectivity index (χ3v) is 5.40. The minimum atomic E-state index is -3.95. The van der Waals surface area contributed by atoms with E-state index in [-0.39, 0.29) is 21.6 Å². The van der Waals surface area contributed by atoms with Gasteiger partial charge in [-0.2, -0.15) is 8.42 Å². The van der Waals surface area contributed by atoms with Crippen LogP contribution in [0.4, 0.5) is 11.5 Å². The maximum Gasteiger partial charge on any atom is 0.281 e. The Kier molecular flexibility index (Phi) is 3.48. The monoisotopic (exact) mass is 362 g/mol. The molecule has 3 N–H and O–H groups in total. The number of rotatable bonds is 3. The van der Waals surface area contributed by atoms with E-state index in [4.69, 9.17) is 28.9 Å². The fourth-order valence-electron chi connectivity index (χ4n) is 1.82. The minimum absolute atomic E-state index is 0.0764. The highest BCUT2D eigenvalue weighted by Gasteiger charge is 2.25. The van der Waals surface area contributed by atoms with Crippen molar-refractivity contribution in [2.45, 2.75) is 5.03 Å². The molecule has 10 heteroatoms. The Bertz CT molecular complexity index is 933. The zero-order valence-corrected chi connectivity index (χ0v) is 13.4. The number of benzene rings is 1. The van der Waals surface area contributed by atoms with Crippen LogP contribution >= 0.6 is 34.5 Å². The van der Waals surface area contributed by atoms with E-state index in [1.165, 1.54) is 27.9 Å². The SMILES string of the molecule is Nc1nc2sccn2c1S(=O)(=O)Nc1cc(Cl)ccc1Cl. The first kappa shape index (κ1) is 14.5. The molecular weight excluding hydrogens is 355 g/mol. The van der Waals surface area contributed by atoms with E-state index >= 15 is 0 Å². The van der Waals surface area contributed by atoms with Gasteiger partial charge in [-0.05, 0) is 18.2 Å². The second-order valence-electron chi connectivity index (χ2n) is 4.09. The quantitative estimate of drug-likeness (QED) is 0.748. The fourth-order valence-corrected chi connectivity index (χ4v) is 4.27. The molecule has 0 spiro atoms. The summed E-state index contributed by atoms with van der Waals surface area (Å²) in [6.45, 7) is 0. The van der Waals surface area contributed by atoms with E-state index in [0.717, 1.165) is 0 Å². The second kappa shape index (κ2) is 5.06. The van der Waals surface area contributed by atoms with Gasteiger partial charge in [0.1, 0.15) is 0 Å².